The van der Waals surface area contributed by atoms with Crippen LogP contribution in [0.25, 0.3) is 115 Å². The van der Waals surface area contributed by atoms with Gasteiger partial charge in [0.25, 0.3) is 0 Å². The van der Waals surface area contributed by atoms with Crippen LogP contribution in [0.1, 0.15) is 0 Å². The van der Waals surface area contributed by atoms with Gasteiger partial charge in [-0.2, -0.15) is 0 Å². The lowest BCUT2D eigenvalue weighted by molar-refractivity contribution is 1.07. The fourth-order valence-corrected chi connectivity index (χ4v) is 9.50. The summed E-state index contributed by atoms with van der Waals surface area (Å²) in [7, 11) is 0. The fourth-order valence-electron chi connectivity index (χ4n) is 8.53. The second kappa shape index (κ2) is 13.0. The van der Waals surface area contributed by atoms with Gasteiger partial charge in [0.2, 0.25) is 0 Å². The predicted molar refractivity (Wildman–Crippen MR) is 242 cm³/mol. The van der Waals surface area contributed by atoms with E-state index in [0.717, 1.165) is 49.5 Å². The molecule has 0 amide bonds. The minimum absolute atomic E-state index is 0.624. The molecule has 0 saturated heterocycles. The van der Waals surface area contributed by atoms with Crippen LogP contribution in [0.15, 0.2) is 188 Å². The van der Waals surface area contributed by atoms with E-state index >= 15 is 0 Å². The van der Waals surface area contributed by atoms with Crippen molar-refractivity contribution >= 4 is 75.7 Å². The van der Waals surface area contributed by atoms with Gasteiger partial charge in [-0.1, -0.05) is 133 Å². The summed E-state index contributed by atoms with van der Waals surface area (Å²) in [6.07, 6.45) is 0. The number of rotatable bonds is 5. The van der Waals surface area contributed by atoms with Crippen molar-refractivity contribution in [1.29, 1.82) is 0 Å². The normalized spacial score (nSPS) is 11.8. The number of hydrogen-bond acceptors (Lipinski definition) is 5. The number of para-hydroxylation sites is 2. The lowest BCUT2D eigenvalue weighted by atomic mass is 9.93. The monoisotopic (exact) mass is 757 g/mol. The molecule has 12 aromatic rings. The highest BCUT2D eigenvalue weighted by molar-refractivity contribution is 7.21. The molecule has 0 bridgehead atoms. The van der Waals surface area contributed by atoms with Crippen LogP contribution in [-0.4, -0.2) is 24.5 Å². The quantitative estimate of drug-likeness (QED) is 0.164. The first kappa shape index (κ1) is 32.7. The largest absolute Gasteiger partial charge is 0.309 e. The highest BCUT2D eigenvalue weighted by atomic mass is 32.1. The maximum Gasteiger partial charge on any atom is 0.164 e. The summed E-state index contributed by atoms with van der Waals surface area (Å²) in [5.41, 5.74) is 8.28. The van der Waals surface area contributed by atoms with Gasteiger partial charge < -0.3 is 4.57 Å². The summed E-state index contributed by atoms with van der Waals surface area (Å²) in [5, 5.41) is 10.8. The summed E-state index contributed by atoms with van der Waals surface area (Å²) in [6, 6.07) is 66.3. The van der Waals surface area contributed by atoms with E-state index in [9.17, 15) is 0 Å². The molecular weight excluding hydrogens is 727 g/mol. The molecule has 270 valence electrons. The topological polar surface area (TPSA) is 56.5 Å². The van der Waals surface area contributed by atoms with E-state index in [0.29, 0.717) is 17.5 Å². The van der Waals surface area contributed by atoms with Crippen LogP contribution in [0, 0.1) is 0 Å². The van der Waals surface area contributed by atoms with Crippen LogP contribution in [-0.2, 0) is 0 Å². The van der Waals surface area contributed by atoms with E-state index in [2.05, 4.69) is 168 Å². The van der Waals surface area contributed by atoms with E-state index < -0.39 is 0 Å². The zero-order valence-corrected chi connectivity index (χ0v) is 31.9. The molecule has 6 heteroatoms. The average Bonchev–Trinajstić information content (AvgIpc) is 3.89. The van der Waals surface area contributed by atoms with Crippen LogP contribution in [0.4, 0.5) is 0 Å². The second-order valence-corrected chi connectivity index (χ2v) is 15.7. The van der Waals surface area contributed by atoms with Gasteiger partial charge in [0.1, 0.15) is 5.01 Å². The summed E-state index contributed by atoms with van der Waals surface area (Å²) in [4.78, 5) is 20.3. The third kappa shape index (κ3) is 5.23. The number of thiazole rings is 1. The molecule has 0 aliphatic heterocycles. The lowest BCUT2D eigenvalue weighted by Gasteiger charge is -2.13. The van der Waals surface area contributed by atoms with Crippen molar-refractivity contribution in [2.45, 2.75) is 0 Å². The molecule has 0 aliphatic rings. The minimum atomic E-state index is 0.624. The Morgan fingerprint density at radius 2 is 0.828 bits per heavy atom. The van der Waals surface area contributed by atoms with Crippen molar-refractivity contribution in [2.75, 3.05) is 0 Å². The van der Waals surface area contributed by atoms with Crippen molar-refractivity contribution in [3.8, 4) is 50.4 Å². The number of fused-ring (bicyclic) bond motifs is 10. The first-order chi connectivity index (χ1) is 28.7. The SMILES string of the molecule is c1ccc(-c2nc(-c3ccc(-n4c5ccccc5c5ccc(-c6nc7ccccc7s6)cc54)cc3)nc(-c3ccc4c5ccccc5c5ccccc5c4c3)n2)cc1. The van der Waals surface area contributed by atoms with Gasteiger partial charge in [-0.25, -0.2) is 19.9 Å². The lowest BCUT2D eigenvalue weighted by Crippen LogP contribution is -2.00. The molecule has 0 saturated carbocycles. The summed E-state index contributed by atoms with van der Waals surface area (Å²) < 4.78 is 3.54. The molecule has 12 rings (SSSR count). The second-order valence-electron chi connectivity index (χ2n) is 14.6. The van der Waals surface area contributed by atoms with Crippen LogP contribution in [0.2, 0.25) is 0 Å². The third-order valence-electron chi connectivity index (χ3n) is 11.3. The van der Waals surface area contributed by atoms with E-state index in [1.54, 1.807) is 11.3 Å². The molecule has 0 radical (unpaired) electrons. The van der Waals surface area contributed by atoms with E-state index in [1.165, 1.54) is 47.8 Å². The van der Waals surface area contributed by atoms with Crippen molar-refractivity contribution in [1.82, 2.24) is 24.5 Å². The highest BCUT2D eigenvalue weighted by Crippen LogP contribution is 2.39. The molecule has 3 heterocycles. The number of hydrogen-bond donors (Lipinski definition) is 0. The van der Waals surface area contributed by atoms with Crippen LogP contribution >= 0.6 is 11.3 Å². The zero-order valence-electron chi connectivity index (χ0n) is 31.0. The zero-order chi connectivity index (χ0) is 38.2. The smallest absolute Gasteiger partial charge is 0.164 e. The van der Waals surface area contributed by atoms with Gasteiger partial charge in [0.15, 0.2) is 17.5 Å². The van der Waals surface area contributed by atoms with Crippen molar-refractivity contribution in [3.05, 3.63) is 188 Å². The Kier molecular flexibility index (Phi) is 7.33. The van der Waals surface area contributed by atoms with E-state index in [-0.39, 0.29) is 0 Å². The Bertz CT molecular complexity index is 3500. The molecule has 0 spiro atoms. The predicted octanol–water partition coefficient (Wildman–Crippen LogP) is 13.7. The molecule has 0 atom stereocenters. The highest BCUT2D eigenvalue weighted by Gasteiger charge is 2.18. The molecule has 0 fully saturated rings. The van der Waals surface area contributed by atoms with Crippen molar-refractivity contribution < 1.29 is 0 Å². The van der Waals surface area contributed by atoms with Crippen LogP contribution in [0.5, 0.6) is 0 Å². The summed E-state index contributed by atoms with van der Waals surface area (Å²) in [6.45, 7) is 0. The van der Waals surface area contributed by atoms with Gasteiger partial charge in [-0.3, -0.25) is 0 Å². The molecule has 9 aromatic carbocycles. The van der Waals surface area contributed by atoms with Gasteiger partial charge >= 0.3 is 0 Å². The van der Waals surface area contributed by atoms with Crippen molar-refractivity contribution in [2.24, 2.45) is 0 Å². The Hall–Kier alpha value is -7.54. The summed E-state index contributed by atoms with van der Waals surface area (Å²) in [5.74, 6) is 1.90. The minimum Gasteiger partial charge on any atom is -0.309 e. The fraction of sp³-hybridized carbons (Fsp3) is 0. The first-order valence-electron chi connectivity index (χ1n) is 19.4. The number of aromatic nitrogens is 5. The maximum atomic E-state index is 5.17. The average molecular weight is 758 g/mol. The molecule has 3 aromatic heterocycles. The van der Waals surface area contributed by atoms with Gasteiger partial charge in [0.05, 0.1) is 21.3 Å². The van der Waals surface area contributed by atoms with E-state index in [1.807, 2.05) is 24.3 Å². The molecule has 0 N–H and O–H groups in total. The molecule has 5 nitrogen and oxygen atoms in total. The van der Waals surface area contributed by atoms with Gasteiger partial charge in [0, 0.05) is 38.7 Å². The van der Waals surface area contributed by atoms with Gasteiger partial charge in [-0.15, -0.1) is 11.3 Å². The maximum absolute atomic E-state index is 5.17. The number of nitrogens with zero attached hydrogens (tertiary/aromatic N) is 5. The standard InChI is InChI=1S/C52H31N5S/c1-2-12-32(13-3-1)49-54-50(56-51(55-49)34-24-28-41-39-16-5-4-14-37(39)38-15-6-7-17-40(38)44(41)30-34)33-22-26-36(27-23-33)57-46-20-10-8-18-42(46)43-29-25-35(31-47(43)57)52-53-45-19-9-11-21-48(45)58-52/h1-31H. The number of benzene rings is 9. The molecule has 0 unspecified atom stereocenters. The Labute approximate surface area is 337 Å². The van der Waals surface area contributed by atoms with Gasteiger partial charge in [-0.05, 0) is 86.9 Å². The van der Waals surface area contributed by atoms with Crippen molar-refractivity contribution in [3.63, 3.8) is 0 Å². The summed E-state index contributed by atoms with van der Waals surface area (Å²) >= 11 is 1.73. The third-order valence-corrected chi connectivity index (χ3v) is 12.4. The Morgan fingerprint density at radius 1 is 0.328 bits per heavy atom. The first-order valence-corrected chi connectivity index (χ1v) is 20.2. The van der Waals surface area contributed by atoms with Crippen LogP contribution < -0.4 is 0 Å². The van der Waals surface area contributed by atoms with Crippen LogP contribution in [0.3, 0.4) is 0 Å². The Balaban J connectivity index is 1.000. The van der Waals surface area contributed by atoms with E-state index in [4.69, 9.17) is 19.9 Å². The molecule has 0 aliphatic carbocycles. The molecular formula is C52H31N5S. The Morgan fingerprint density at radius 3 is 1.53 bits per heavy atom. The molecule has 58 heavy (non-hydrogen) atoms.